The molecule has 0 saturated heterocycles. The fourth-order valence-electron chi connectivity index (χ4n) is 1.89. The lowest BCUT2D eigenvalue weighted by atomic mass is 10.0. The molecule has 0 radical (unpaired) electrons. The maximum atomic E-state index is 12.1. The van der Waals surface area contributed by atoms with Gasteiger partial charge in [-0.1, -0.05) is 19.0 Å². The molecule has 1 atom stereocenters. The van der Waals surface area contributed by atoms with E-state index in [1.165, 1.54) is 7.11 Å². The Balaban J connectivity index is 2.14. The van der Waals surface area contributed by atoms with Gasteiger partial charge in [-0.15, -0.1) is 0 Å². The van der Waals surface area contributed by atoms with E-state index in [9.17, 15) is 9.59 Å². The highest BCUT2D eigenvalue weighted by atomic mass is 16.5. The normalized spacial score (nSPS) is 12.0. The molecule has 2 rings (SSSR count). The summed E-state index contributed by atoms with van der Waals surface area (Å²) in [4.78, 5) is 27.8. The molecule has 8 heteroatoms. The lowest BCUT2D eigenvalue weighted by Crippen LogP contribution is -2.45. The van der Waals surface area contributed by atoms with Crippen LogP contribution in [-0.2, 0) is 9.53 Å². The first kappa shape index (κ1) is 16.5. The summed E-state index contributed by atoms with van der Waals surface area (Å²) in [6.07, 6.45) is 0. The fourth-order valence-corrected chi connectivity index (χ4v) is 1.89. The van der Waals surface area contributed by atoms with E-state index < -0.39 is 17.9 Å². The lowest BCUT2D eigenvalue weighted by molar-refractivity contribution is -0.144. The number of nitrogens with two attached hydrogens (primary N) is 1. The molecular formula is C15H18N4O4. The Labute approximate surface area is 133 Å². The van der Waals surface area contributed by atoms with Crippen molar-refractivity contribution in [3.05, 3.63) is 30.2 Å². The van der Waals surface area contributed by atoms with Gasteiger partial charge in [0.15, 0.2) is 0 Å². The molecule has 1 aromatic carbocycles. The Morgan fingerprint density at radius 1 is 1.26 bits per heavy atom. The summed E-state index contributed by atoms with van der Waals surface area (Å²) in [6.45, 7) is 3.57. The van der Waals surface area contributed by atoms with Crippen molar-refractivity contribution in [1.29, 1.82) is 0 Å². The number of ether oxygens (including phenoxy) is 1. The van der Waals surface area contributed by atoms with Gasteiger partial charge in [0.25, 0.3) is 0 Å². The van der Waals surface area contributed by atoms with Crippen LogP contribution < -0.4 is 11.1 Å². The summed E-state index contributed by atoms with van der Waals surface area (Å²) >= 11 is 0. The van der Waals surface area contributed by atoms with Gasteiger partial charge in [-0.05, 0) is 30.2 Å². The number of rotatable bonds is 5. The number of esters is 1. The fraction of sp³-hybridized carbons (Fsp3) is 0.333. The molecule has 1 heterocycles. The Morgan fingerprint density at radius 3 is 2.48 bits per heavy atom. The molecule has 2 aromatic rings. The highest BCUT2D eigenvalue weighted by Crippen LogP contribution is 2.17. The van der Waals surface area contributed by atoms with Gasteiger partial charge in [-0.25, -0.2) is 4.79 Å². The number of carbonyl (C=O) groups is 2. The van der Waals surface area contributed by atoms with Crippen molar-refractivity contribution in [2.24, 2.45) is 5.92 Å². The van der Waals surface area contributed by atoms with Gasteiger partial charge in [0.1, 0.15) is 6.04 Å². The molecule has 1 aromatic heterocycles. The van der Waals surface area contributed by atoms with Crippen LogP contribution in [0.4, 0.5) is 5.69 Å². The number of methoxy groups -OCH3 is 1. The third-order valence-corrected chi connectivity index (χ3v) is 3.20. The summed E-state index contributed by atoms with van der Waals surface area (Å²) in [6, 6.07) is 6.02. The molecule has 3 N–H and O–H groups in total. The standard InChI is InChI=1S/C15H18N4O4/c1-8(2)11(15(21)22-3)17-13(20)14-18-12(19-23-14)9-4-6-10(16)7-5-9/h4-8,11H,16H2,1-3H3,(H,17,20)/t11-/m0/s1. The van der Waals surface area contributed by atoms with E-state index >= 15 is 0 Å². The zero-order valence-electron chi connectivity index (χ0n) is 13.1. The average Bonchev–Trinajstić information content (AvgIpc) is 3.02. The van der Waals surface area contributed by atoms with E-state index in [1.54, 1.807) is 38.1 Å². The van der Waals surface area contributed by atoms with Gasteiger partial charge in [0.05, 0.1) is 7.11 Å². The summed E-state index contributed by atoms with van der Waals surface area (Å²) in [5, 5.41) is 6.28. The molecule has 0 unspecified atom stereocenters. The topological polar surface area (TPSA) is 120 Å². The van der Waals surface area contributed by atoms with Crippen LogP contribution in [0.2, 0.25) is 0 Å². The van der Waals surface area contributed by atoms with Crippen molar-refractivity contribution in [3.63, 3.8) is 0 Å². The average molecular weight is 318 g/mol. The second kappa shape index (κ2) is 6.91. The van der Waals surface area contributed by atoms with Crippen molar-refractivity contribution in [3.8, 4) is 11.4 Å². The predicted molar refractivity (Wildman–Crippen MR) is 82.3 cm³/mol. The van der Waals surface area contributed by atoms with Crippen molar-refractivity contribution in [2.75, 3.05) is 12.8 Å². The van der Waals surface area contributed by atoms with Gasteiger partial charge in [-0.2, -0.15) is 4.98 Å². The number of anilines is 1. The molecule has 0 saturated carbocycles. The lowest BCUT2D eigenvalue weighted by Gasteiger charge is -2.18. The smallest absolute Gasteiger partial charge is 0.328 e. The van der Waals surface area contributed by atoms with Gasteiger partial charge >= 0.3 is 17.8 Å². The third kappa shape index (κ3) is 3.85. The maximum Gasteiger partial charge on any atom is 0.328 e. The number of hydrogen-bond donors (Lipinski definition) is 2. The summed E-state index contributed by atoms with van der Waals surface area (Å²) < 4.78 is 9.61. The Bertz CT molecular complexity index is 694. The predicted octanol–water partition coefficient (Wildman–Crippen LogP) is 1.25. The minimum absolute atomic E-state index is 0.147. The zero-order valence-corrected chi connectivity index (χ0v) is 13.1. The second-order valence-electron chi connectivity index (χ2n) is 5.26. The molecular weight excluding hydrogens is 300 g/mol. The summed E-state index contributed by atoms with van der Waals surface area (Å²) in [7, 11) is 1.26. The van der Waals surface area contributed by atoms with Crippen LogP contribution >= 0.6 is 0 Å². The van der Waals surface area contributed by atoms with E-state index in [0.29, 0.717) is 11.3 Å². The van der Waals surface area contributed by atoms with E-state index in [-0.39, 0.29) is 17.6 Å². The van der Waals surface area contributed by atoms with Crippen LogP contribution in [0.25, 0.3) is 11.4 Å². The monoisotopic (exact) mass is 318 g/mol. The van der Waals surface area contributed by atoms with Crippen molar-refractivity contribution in [1.82, 2.24) is 15.5 Å². The summed E-state index contributed by atoms with van der Waals surface area (Å²) in [5.74, 6) is -1.29. The molecule has 0 fully saturated rings. The molecule has 122 valence electrons. The van der Waals surface area contributed by atoms with Gasteiger partial charge in [-0.3, -0.25) is 4.79 Å². The largest absolute Gasteiger partial charge is 0.467 e. The van der Waals surface area contributed by atoms with Crippen LogP contribution in [0.1, 0.15) is 24.5 Å². The molecule has 0 aliphatic carbocycles. The van der Waals surface area contributed by atoms with E-state index in [2.05, 4.69) is 20.2 Å². The Hall–Kier alpha value is -2.90. The highest BCUT2D eigenvalue weighted by molar-refractivity contribution is 5.93. The highest BCUT2D eigenvalue weighted by Gasteiger charge is 2.27. The minimum Gasteiger partial charge on any atom is -0.467 e. The first-order valence-electron chi connectivity index (χ1n) is 7.00. The minimum atomic E-state index is -0.792. The molecule has 23 heavy (non-hydrogen) atoms. The van der Waals surface area contributed by atoms with E-state index in [1.807, 2.05) is 0 Å². The van der Waals surface area contributed by atoms with E-state index in [0.717, 1.165) is 0 Å². The SMILES string of the molecule is COC(=O)[C@@H](NC(=O)c1nc(-c2ccc(N)cc2)no1)C(C)C. The molecule has 1 amide bonds. The zero-order chi connectivity index (χ0) is 17.0. The summed E-state index contributed by atoms with van der Waals surface area (Å²) in [5.41, 5.74) is 6.88. The van der Waals surface area contributed by atoms with Crippen LogP contribution in [0.3, 0.4) is 0 Å². The van der Waals surface area contributed by atoms with Crippen LogP contribution in [0, 0.1) is 5.92 Å². The molecule has 0 aliphatic rings. The third-order valence-electron chi connectivity index (χ3n) is 3.20. The number of nitrogens with zero attached hydrogens (tertiary/aromatic N) is 2. The maximum absolute atomic E-state index is 12.1. The Kier molecular flexibility index (Phi) is 4.95. The molecule has 8 nitrogen and oxygen atoms in total. The second-order valence-corrected chi connectivity index (χ2v) is 5.26. The number of nitrogen functional groups attached to an aromatic ring is 1. The number of nitrogens with one attached hydrogen (secondary N) is 1. The number of aromatic nitrogens is 2. The number of hydrogen-bond acceptors (Lipinski definition) is 7. The molecule has 0 spiro atoms. The van der Waals surface area contributed by atoms with Crippen LogP contribution in [-0.4, -0.2) is 35.2 Å². The van der Waals surface area contributed by atoms with Crippen molar-refractivity contribution >= 4 is 17.6 Å². The van der Waals surface area contributed by atoms with Crippen molar-refractivity contribution < 1.29 is 18.8 Å². The van der Waals surface area contributed by atoms with Gasteiger partial charge in [0, 0.05) is 11.3 Å². The first-order valence-corrected chi connectivity index (χ1v) is 7.00. The number of carbonyl (C=O) groups excluding carboxylic acids is 2. The van der Waals surface area contributed by atoms with Crippen LogP contribution in [0.15, 0.2) is 28.8 Å². The van der Waals surface area contributed by atoms with Crippen LogP contribution in [0.5, 0.6) is 0 Å². The van der Waals surface area contributed by atoms with Crippen molar-refractivity contribution in [2.45, 2.75) is 19.9 Å². The molecule has 0 aliphatic heterocycles. The van der Waals surface area contributed by atoms with Gasteiger partial charge in [0.2, 0.25) is 5.82 Å². The first-order chi connectivity index (χ1) is 10.9. The van der Waals surface area contributed by atoms with E-state index in [4.69, 9.17) is 10.3 Å². The number of benzene rings is 1. The Morgan fingerprint density at radius 2 is 1.91 bits per heavy atom. The number of amides is 1. The molecule has 0 bridgehead atoms. The quantitative estimate of drug-likeness (QED) is 0.628. The van der Waals surface area contributed by atoms with Gasteiger partial charge < -0.3 is 20.3 Å².